The lowest BCUT2D eigenvalue weighted by Gasteiger charge is -2.22. The molecule has 0 saturated carbocycles. The summed E-state index contributed by atoms with van der Waals surface area (Å²) in [6.45, 7) is 3.37. The van der Waals surface area contributed by atoms with E-state index in [0.29, 0.717) is 0 Å². The minimum atomic E-state index is 0.913. The van der Waals surface area contributed by atoms with E-state index in [1.807, 2.05) is 0 Å². The first kappa shape index (κ1) is 11.3. The van der Waals surface area contributed by atoms with Gasteiger partial charge in [-0.2, -0.15) is 11.8 Å². The molecule has 0 amide bonds. The first-order valence-corrected chi connectivity index (χ1v) is 6.36. The number of hydrogen-bond acceptors (Lipinski definition) is 3. The van der Waals surface area contributed by atoms with Gasteiger partial charge in [0.2, 0.25) is 0 Å². The van der Waals surface area contributed by atoms with Gasteiger partial charge in [-0.05, 0) is 49.8 Å². The molecule has 0 spiro atoms. The van der Waals surface area contributed by atoms with Gasteiger partial charge >= 0.3 is 0 Å². The maximum absolute atomic E-state index is 5.01. The van der Waals surface area contributed by atoms with Gasteiger partial charge in [0.25, 0.3) is 0 Å². The Balaban J connectivity index is 1.86. The molecule has 1 aliphatic heterocycles. The highest BCUT2D eigenvalue weighted by Gasteiger charge is 2.11. The van der Waals surface area contributed by atoms with Crippen LogP contribution >= 0.6 is 11.8 Å². The van der Waals surface area contributed by atoms with Crippen molar-refractivity contribution in [2.24, 2.45) is 5.92 Å². The van der Waals surface area contributed by atoms with Crippen molar-refractivity contribution in [3.05, 3.63) is 0 Å². The molecule has 1 rings (SSSR count). The zero-order valence-corrected chi connectivity index (χ0v) is 9.37. The molecule has 0 aliphatic carbocycles. The fraction of sp³-hybridized carbons (Fsp3) is 1.00. The molecule has 1 saturated heterocycles. The predicted octanol–water partition coefficient (Wildman–Crippen LogP) is 1.76. The van der Waals surface area contributed by atoms with Crippen molar-refractivity contribution in [1.82, 2.24) is 5.32 Å². The predicted molar refractivity (Wildman–Crippen MR) is 59.4 cm³/mol. The van der Waals surface area contributed by atoms with E-state index in [-0.39, 0.29) is 0 Å². The average Bonchev–Trinajstić information content (AvgIpc) is 2.19. The summed E-state index contributed by atoms with van der Waals surface area (Å²) in [5.41, 5.74) is 0. The van der Waals surface area contributed by atoms with E-state index in [0.717, 1.165) is 12.5 Å². The largest absolute Gasteiger partial charge is 0.385 e. The molecule has 78 valence electrons. The van der Waals surface area contributed by atoms with Crippen molar-refractivity contribution in [1.29, 1.82) is 0 Å². The highest BCUT2D eigenvalue weighted by molar-refractivity contribution is 7.99. The normalized spacial score (nSPS) is 23.3. The van der Waals surface area contributed by atoms with E-state index < -0.39 is 0 Å². The lowest BCUT2D eigenvalue weighted by molar-refractivity contribution is 0.200. The van der Waals surface area contributed by atoms with E-state index in [1.165, 1.54) is 43.9 Å². The first-order chi connectivity index (χ1) is 6.43. The number of nitrogens with one attached hydrogen (secondary N) is 1. The molecule has 0 radical (unpaired) electrons. The molecule has 1 unspecified atom stereocenters. The number of ether oxygens (including phenoxy) is 1. The Labute approximate surface area is 85.8 Å². The molecule has 2 nitrogen and oxygen atoms in total. The van der Waals surface area contributed by atoms with Gasteiger partial charge in [-0.3, -0.25) is 0 Å². The lowest BCUT2D eigenvalue weighted by Crippen LogP contribution is -2.31. The van der Waals surface area contributed by atoms with E-state index in [4.69, 9.17) is 4.74 Å². The Kier molecular flexibility index (Phi) is 6.68. The zero-order valence-electron chi connectivity index (χ0n) is 8.55. The minimum Gasteiger partial charge on any atom is -0.385 e. The Morgan fingerprint density at radius 1 is 1.54 bits per heavy atom. The summed E-state index contributed by atoms with van der Waals surface area (Å²) in [4.78, 5) is 0. The summed E-state index contributed by atoms with van der Waals surface area (Å²) in [6.07, 6.45) is 3.98. The quantitative estimate of drug-likeness (QED) is 0.665. The Morgan fingerprint density at radius 2 is 2.46 bits per heavy atom. The maximum atomic E-state index is 5.01. The fourth-order valence-electron chi connectivity index (χ4n) is 1.62. The van der Waals surface area contributed by atoms with Crippen LogP contribution in [0, 0.1) is 5.92 Å². The van der Waals surface area contributed by atoms with Crippen molar-refractivity contribution in [3.63, 3.8) is 0 Å². The number of hydrogen-bond donors (Lipinski definition) is 1. The molecule has 1 atom stereocenters. The average molecular weight is 203 g/mol. The summed E-state index contributed by atoms with van der Waals surface area (Å²) in [6, 6.07) is 0. The second-order valence-electron chi connectivity index (χ2n) is 3.63. The molecule has 3 heteroatoms. The molecule has 0 bridgehead atoms. The van der Waals surface area contributed by atoms with Crippen molar-refractivity contribution in [3.8, 4) is 0 Å². The molecule has 0 aromatic heterocycles. The van der Waals surface area contributed by atoms with Gasteiger partial charge in [0.15, 0.2) is 0 Å². The van der Waals surface area contributed by atoms with E-state index in [2.05, 4.69) is 17.1 Å². The smallest absolute Gasteiger partial charge is 0.0470 e. The van der Waals surface area contributed by atoms with Crippen LogP contribution in [0.5, 0.6) is 0 Å². The van der Waals surface area contributed by atoms with Gasteiger partial charge in [-0.15, -0.1) is 0 Å². The fourth-order valence-corrected chi connectivity index (χ4v) is 2.73. The highest BCUT2D eigenvalue weighted by Crippen LogP contribution is 2.16. The maximum Gasteiger partial charge on any atom is 0.0470 e. The van der Waals surface area contributed by atoms with Crippen LogP contribution in [0.4, 0.5) is 0 Å². The van der Waals surface area contributed by atoms with Crippen molar-refractivity contribution < 1.29 is 4.74 Å². The zero-order chi connectivity index (χ0) is 9.36. The summed E-state index contributed by atoms with van der Waals surface area (Å²) in [5.74, 6) is 3.50. The molecule has 0 aromatic rings. The third-order valence-electron chi connectivity index (χ3n) is 2.39. The summed E-state index contributed by atoms with van der Waals surface area (Å²) >= 11 is 2.08. The van der Waals surface area contributed by atoms with Crippen LogP contribution in [0.2, 0.25) is 0 Å². The summed E-state index contributed by atoms with van der Waals surface area (Å²) in [7, 11) is 1.77. The van der Waals surface area contributed by atoms with Gasteiger partial charge in [-0.1, -0.05) is 0 Å². The van der Waals surface area contributed by atoms with Crippen molar-refractivity contribution in [2.75, 3.05) is 38.3 Å². The van der Waals surface area contributed by atoms with Crippen LogP contribution in [-0.2, 0) is 4.74 Å². The molecule has 0 aromatic carbocycles. The van der Waals surface area contributed by atoms with Crippen LogP contribution < -0.4 is 5.32 Å². The first-order valence-electron chi connectivity index (χ1n) is 5.21. The molecule has 1 fully saturated rings. The van der Waals surface area contributed by atoms with Gasteiger partial charge in [-0.25, -0.2) is 0 Å². The highest BCUT2D eigenvalue weighted by atomic mass is 32.2. The van der Waals surface area contributed by atoms with Crippen LogP contribution in [0.1, 0.15) is 19.3 Å². The molecule has 1 heterocycles. The Bertz CT molecular complexity index is 115. The van der Waals surface area contributed by atoms with Gasteiger partial charge in [0, 0.05) is 13.7 Å². The van der Waals surface area contributed by atoms with Crippen molar-refractivity contribution in [2.45, 2.75) is 19.3 Å². The minimum absolute atomic E-state index is 0.913. The van der Waals surface area contributed by atoms with Crippen LogP contribution in [0.25, 0.3) is 0 Å². The monoisotopic (exact) mass is 203 g/mol. The topological polar surface area (TPSA) is 21.3 Å². The second kappa shape index (κ2) is 7.65. The standard InChI is InChI=1S/C10H21NOS/c1-12-6-3-7-13-9-10-4-2-5-11-8-10/h10-11H,2-9H2,1H3. The van der Waals surface area contributed by atoms with E-state index >= 15 is 0 Å². The SMILES string of the molecule is COCCCSCC1CCCNC1. The number of rotatable bonds is 6. The van der Waals surface area contributed by atoms with E-state index in [9.17, 15) is 0 Å². The molecule has 13 heavy (non-hydrogen) atoms. The third kappa shape index (κ3) is 5.55. The summed E-state index contributed by atoms with van der Waals surface area (Å²) < 4.78 is 5.01. The van der Waals surface area contributed by atoms with Gasteiger partial charge < -0.3 is 10.1 Å². The third-order valence-corrected chi connectivity index (χ3v) is 3.67. The summed E-state index contributed by atoms with van der Waals surface area (Å²) in [5, 5.41) is 3.45. The molecular weight excluding hydrogens is 182 g/mol. The van der Waals surface area contributed by atoms with Gasteiger partial charge in [0.1, 0.15) is 0 Å². The Morgan fingerprint density at radius 3 is 3.15 bits per heavy atom. The molecular formula is C10H21NOS. The molecule has 1 N–H and O–H groups in total. The lowest BCUT2D eigenvalue weighted by atomic mass is 10.0. The van der Waals surface area contributed by atoms with E-state index in [1.54, 1.807) is 7.11 Å². The second-order valence-corrected chi connectivity index (χ2v) is 4.78. The number of methoxy groups -OCH3 is 1. The number of thioether (sulfide) groups is 1. The van der Waals surface area contributed by atoms with Crippen molar-refractivity contribution >= 4 is 11.8 Å². The Hall–Kier alpha value is 0.270. The van der Waals surface area contributed by atoms with Crippen LogP contribution in [0.3, 0.4) is 0 Å². The van der Waals surface area contributed by atoms with Crippen LogP contribution in [-0.4, -0.2) is 38.3 Å². The number of piperidine rings is 1. The van der Waals surface area contributed by atoms with Gasteiger partial charge in [0.05, 0.1) is 0 Å². The molecule has 1 aliphatic rings. The van der Waals surface area contributed by atoms with Crippen LogP contribution in [0.15, 0.2) is 0 Å².